The summed E-state index contributed by atoms with van der Waals surface area (Å²) in [5.41, 5.74) is 1.36. The maximum absolute atomic E-state index is 11.0. The maximum Gasteiger partial charge on any atom is 0.333 e. The molecule has 0 fully saturated rings. The molecular formula is C11H14N4O3. The van der Waals surface area contributed by atoms with Crippen LogP contribution in [0.4, 0.5) is 11.5 Å². The third-order valence-corrected chi connectivity index (χ3v) is 2.62. The third-order valence-electron chi connectivity index (χ3n) is 2.62. The smallest absolute Gasteiger partial charge is 0.333 e. The maximum atomic E-state index is 11.0. The van der Waals surface area contributed by atoms with Gasteiger partial charge in [-0.2, -0.15) is 5.10 Å². The summed E-state index contributed by atoms with van der Waals surface area (Å²) in [7, 11) is 0. The second kappa shape index (κ2) is 4.91. The number of aryl methyl sites for hydroxylation is 2. The molecule has 0 amide bonds. The fourth-order valence-corrected chi connectivity index (χ4v) is 1.77. The van der Waals surface area contributed by atoms with Crippen molar-refractivity contribution in [2.75, 3.05) is 5.32 Å². The molecule has 2 rings (SSSR count). The Balaban J connectivity index is 2.27. The molecule has 0 unspecified atom stereocenters. The van der Waals surface area contributed by atoms with Gasteiger partial charge < -0.3 is 9.73 Å². The molecule has 2 aromatic heterocycles. The van der Waals surface area contributed by atoms with Gasteiger partial charge in [0.05, 0.1) is 17.4 Å². The van der Waals surface area contributed by atoms with E-state index in [1.807, 2.05) is 6.92 Å². The zero-order valence-electron chi connectivity index (χ0n) is 10.2. The van der Waals surface area contributed by atoms with Gasteiger partial charge in [-0.05, 0) is 19.9 Å². The molecule has 0 bridgehead atoms. The molecule has 96 valence electrons. The van der Waals surface area contributed by atoms with Crippen molar-refractivity contribution in [3.63, 3.8) is 0 Å². The SMILES string of the molecule is CCn1nc(C)c([N+](=O)[O-])c1NCc1ccoc1. The number of aromatic nitrogens is 2. The fourth-order valence-electron chi connectivity index (χ4n) is 1.77. The minimum absolute atomic E-state index is 0.0281. The summed E-state index contributed by atoms with van der Waals surface area (Å²) in [6.45, 7) is 4.55. The van der Waals surface area contributed by atoms with E-state index in [-0.39, 0.29) is 5.69 Å². The summed E-state index contributed by atoms with van der Waals surface area (Å²) in [6.07, 6.45) is 3.16. The Morgan fingerprint density at radius 3 is 2.94 bits per heavy atom. The summed E-state index contributed by atoms with van der Waals surface area (Å²) in [5, 5.41) is 18.2. The van der Waals surface area contributed by atoms with Crippen molar-refractivity contribution >= 4 is 11.5 Å². The number of rotatable bonds is 5. The van der Waals surface area contributed by atoms with Crippen molar-refractivity contribution < 1.29 is 9.34 Å². The van der Waals surface area contributed by atoms with Crippen molar-refractivity contribution in [2.45, 2.75) is 26.9 Å². The van der Waals surface area contributed by atoms with Gasteiger partial charge in [-0.15, -0.1) is 0 Å². The molecule has 0 saturated heterocycles. The van der Waals surface area contributed by atoms with E-state index in [2.05, 4.69) is 10.4 Å². The molecule has 2 aromatic rings. The first-order chi connectivity index (χ1) is 8.63. The van der Waals surface area contributed by atoms with Crippen LogP contribution in [0.3, 0.4) is 0 Å². The summed E-state index contributed by atoms with van der Waals surface area (Å²) in [5.74, 6) is 0.432. The lowest BCUT2D eigenvalue weighted by Crippen LogP contribution is -2.07. The predicted octanol–water partition coefficient (Wildman–Crippen LogP) is 2.32. The Morgan fingerprint density at radius 1 is 1.61 bits per heavy atom. The van der Waals surface area contributed by atoms with Crippen molar-refractivity contribution in [1.82, 2.24) is 9.78 Å². The number of nitrogens with zero attached hydrogens (tertiary/aromatic N) is 3. The van der Waals surface area contributed by atoms with Gasteiger partial charge in [0.2, 0.25) is 5.82 Å². The molecule has 0 aromatic carbocycles. The average Bonchev–Trinajstić information content (AvgIpc) is 2.92. The minimum atomic E-state index is -0.411. The number of nitro groups is 1. The molecule has 18 heavy (non-hydrogen) atoms. The van der Waals surface area contributed by atoms with E-state index < -0.39 is 4.92 Å². The van der Waals surface area contributed by atoms with Crippen LogP contribution in [0.25, 0.3) is 0 Å². The molecule has 1 N–H and O–H groups in total. The van der Waals surface area contributed by atoms with Gasteiger partial charge in [-0.1, -0.05) is 0 Å². The van der Waals surface area contributed by atoms with Gasteiger partial charge >= 0.3 is 5.69 Å². The van der Waals surface area contributed by atoms with Crippen LogP contribution in [0.5, 0.6) is 0 Å². The standard InChI is InChI=1S/C11H14N4O3/c1-3-14-11(10(15(16)17)8(2)13-14)12-6-9-4-5-18-7-9/h4-5,7,12H,3,6H2,1-2H3. The van der Waals surface area contributed by atoms with Crippen LogP contribution in [0.1, 0.15) is 18.2 Å². The average molecular weight is 250 g/mol. The first-order valence-electron chi connectivity index (χ1n) is 5.60. The molecule has 0 aliphatic heterocycles. The van der Waals surface area contributed by atoms with Crippen molar-refractivity contribution in [2.24, 2.45) is 0 Å². The van der Waals surface area contributed by atoms with E-state index >= 15 is 0 Å². The molecule has 0 atom stereocenters. The van der Waals surface area contributed by atoms with Crippen LogP contribution in [0, 0.1) is 17.0 Å². The van der Waals surface area contributed by atoms with Crippen LogP contribution >= 0.6 is 0 Å². The Morgan fingerprint density at radius 2 is 2.39 bits per heavy atom. The molecule has 7 heteroatoms. The molecule has 7 nitrogen and oxygen atoms in total. The van der Waals surface area contributed by atoms with Gasteiger partial charge in [0.25, 0.3) is 0 Å². The van der Waals surface area contributed by atoms with Crippen molar-refractivity contribution in [3.8, 4) is 0 Å². The van der Waals surface area contributed by atoms with Gasteiger partial charge in [0, 0.05) is 18.7 Å². The molecular weight excluding hydrogens is 236 g/mol. The lowest BCUT2D eigenvalue weighted by atomic mass is 10.3. The summed E-state index contributed by atoms with van der Waals surface area (Å²) >= 11 is 0. The largest absolute Gasteiger partial charge is 0.472 e. The van der Waals surface area contributed by atoms with Crippen molar-refractivity contribution in [3.05, 3.63) is 40.0 Å². The summed E-state index contributed by atoms with van der Waals surface area (Å²) in [4.78, 5) is 10.6. The Hall–Kier alpha value is -2.31. The van der Waals surface area contributed by atoms with Crippen LogP contribution < -0.4 is 5.32 Å². The normalized spacial score (nSPS) is 10.6. The van der Waals surface area contributed by atoms with Crippen LogP contribution in [-0.2, 0) is 13.1 Å². The molecule has 0 aliphatic rings. The fraction of sp³-hybridized carbons (Fsp3) is 0.364. The second-order valence-corrected chi connectivity index (χ2v) is 3.84. The van der Waals surface area contributed by atoms with Crippen LogP contribution in [-0.4, -0.2) is 14.7 Å². The Kier molecular flexibility index (Phi) is 3.31. The van der Waals surface area contributed by atoms with E-state index in [1.54, 1.807) is 30.2 Å². The highest BCUT2D eigenvalue weighted by atomic mass is 16.6. The number of hydrogen-bond acceptors (Lipinski definition) is 5. The molecule has 2 heterocycles. The number of furan rings is 1. The molecule has 0 saturated carbocycles. The quantitative estimate of drug-likeness (QED) is 0.650. The van der Waals surface area contributed by atoms with Gasteiger partial charge in [0.1, 0.15) is 5.69 Å². The van der Waals surface area contributed by atoms with E-state index in [4.69, 9.17) is 4.42 Å². The first-order valence-corrected chi connectivity index (χ1v) is 5.60. The van der Waals surface area contributed by atoms with Crippen molar-refractivity contribution in [1.29, 1.82) is 0 Å². The third kappa shape index (κ3) is 2.20. The van der Waals surface area contributed by atoms with Gasteiger partial charge in [-0.3, -0.25) is 10.1 Å². The lowest BCUT2D eigenvalue weighted by Gasteiger charge is -2.06. The highest BCUT2D eigenvalue weighted by molar-refractivity contribution is 5.59. The van der Waals surface area contributed by atoms with Gasteiger partial charge in [-0.25, -0.2) is 4.68 Å². The van der Waals surface area contributed by atoms with E-state index in [1.165, 1.54) is 0 Å². The topological polar surface area (TPSA) is 86.1 Å². The zero-order chi connectivity index (χ0) is 13.1. The highest BCUT2D eigenvalue weighted by Gasteiger charge is 2.24. The van der Waals surface area contributed by atoms with Crippen LogP contribution in [0.2, 0.25) is 0 Å². The Labute approximate surface area is 104 Å². The number of nitrogens with one attached hydrogen (secondary N) is 1. The van der Waals surface area contributed by atoms with E-state index in [0.717, 1.165) is 5.56 Å². The molecule has 0 radical (unpaired) electrons. The van der Waals surface area contributed by atoms with Crippen LogP contribution in [0.15, 0.2) is 23.0 Å². The second-order valence-electron chi connectivity index (χ2n) is 3.84. The number of hydrogen-bond donors (Lipinski definition) is 1. The summed E-state index contributed by atoms with van der Waals surface area (Å²) in [6, 6.07) is 1.80. The first kappa shape index (κ1) is 12.2. The highest BCUT2D eigenvalue weighted by Crippen LogP contribution is 2.28. The lowest BCUT2D eigenvalue weighted by molar-refractivity contribution is -0.384. The van der Waals surface area contributed by atoms with E-state index in [9.17, 15) is 10.1 Å². The molecule has 0 aliphatic carbocycles. The Bertz CT molecular complexity index is 545. The van der Waals surface area contributed by atoms with Gasteiger partial charge in [0.15, 0.2) is 0 Å². The number of anilines is 1. The monoisotopic (exact) mass is 250 g/mol. The zero-order valence-corrected chi connectivity index (χ0v) is 10.2. The minimum Gasteiger partial charge on any atom is -0.472 e. The predicted molar refractivity (Wildman–Crippen MR) is 65.3 cm³/mol. The summed E-state index contributed by atoms with van der Waals surface area (Å²) < 4.78 is 6.54. The molecule has 0 spiro atoms. The van der Waals surface area contributed by atoms with E-state index in [0.29, 0.717) is 24.6 Å².